The van der Waals surface area contributed by atoms with Gasteiger partial charge in [-0.05, 0) is 55.1 Å². The second-order valence-electron chi connectivity index (χ2n) is 6.19. The van der Waals surface area contributed by atoms with Crippen LogP contribution in [0.4, 0.5) is 14.5 Å². The smallest absolute Gasteiger partial charge is 0.238 e. The molecule has 0 saturated heterocycles. The summed E-state index contributed by atoms with van der Waals surface area (Å²) in [5.74, 6) is -0.419. The molecule has 2 N–H and O–H groups in total. The maximum Gasteiger partial charge on any atom is 0.238 e. The first-order valence-corrected chi connectivity index (χ1v) is 8.27. The van der Waals surface area contributed by atoms with Gasteiger partial charge in [-0.3, -0.25) is 4.79 Å². The van der Waals surface area contributed by atoms with E-state index in [0.29, 0.717) is 17.2 Å². The summed E-state index contributed by atoms with van der Waals surface area (Å²) in [6.45, 7) is 1.11. The van der Waals surface area contributed by atoms with Crippen LogP contribution in [0.15, 0.2) is 42.5 Å². The van der Waals surface area contributed by atoms with Gasteiger partial charge in [-0.1, -0.05) is 12.1 Å². The molecule has 0 unspecified atom stereocenters. The van der Waals surface area contributed by atoms with Crippen molar-refractivity contribution in [1.82, 2.24) is 5.32 Å². The van der Waals surface area contributed by atoms with Gasteiger partial charge in [0.25, 0.3) is 0 Å². The second-order valence-corrected chi connectivity index (χ2v) is 6.19. The van der Waals surface area contributed by atoms with E-state index in [2.05, 4.69) is 10.6 Å². The molecule has 0 bridgehead atoms. The Bertz CT molecular complexity index is 748. The Morgan fingerprint density at radius 1 is 1.16 bits per heavy atom. The van der Waals surface area contributed by atoms with Crippen molar-refractivity contribution >= 4 is 11.6 Å². The Morgan fingerprint density at radius 2 is 2.00 bits per heavy atom. The van der Waals surface area contributed by atoms with E-state index in [0.717, 1.165) is 6.54 Å². The van der Waals surface area contributed by atoms with Crippen LogP contribution in [0.1, 0.15) is 18.4 Å². The van der Waals surface area contributed by atoms with E-state index in [9.17, 15) is 13.6 Å². The van der Waals surface area contributed by atoms with Crippen molar-refractivity contribution in [2.75, 3.05) is 18.4 Å². The number of rotatable bonds is 8. The largest absolute Gasteiger partial charge is 0.486 e. The van der Waals surface area contributed by atoms with E-state index < -0.39 is 5.82 Å². The number of amides is 1. The van der Waals surface area contributed by atoms with E-state index >= 15 is 0 Å². The van der Waals surface area contributed by atoms with E-state index in [1.807, 2.05) is 0 Å². The molecular formula is C19H20F2N2O2. The first-order chi connectivity index (χ1) is 12.1. The maximum atomic E-state index is 14.1. The molecule has 6 heteroatoms. The van der Waals surface area contributed by atoms with Gasteiger partial charge in [-0.15, -0.1) is 0 Å². The molecule has 132 valence electrons. The summed E-state index contributed by atoms with van der Waals surface area (Å²) >= 11 is 0. The summed E-state index contributed by atoms with van der Waals surface area (Å²) in [7, 11) is 0. The molecule has 0 atom stereocenters. The van der Waals surface area contributed by atoms with Crippen molar-refractivity contribution in [1.29, 1.82) is 0 Å². The fourth-order valence-corrected chi connectivity index (χ4v) is 2.40. The number of hydrogen-bond acceptors (Lipinski definition) is 3. The maximum absolute atomic E-state index is 14.1. The van der Waals surface area contributed by atoms with E-state index in [-0.39, 0.29) is 30.6 Å². The quantitative estimate of drug-likeness (QED) is 0.769. The normalized spacial score (nSPS) is 13.5. The fourth-order valence-electron chi connectivity index (χ4n) is 2.40. The minimum atomic E-state index is -0.583. The van der Waals surface area contributed by atoms with Crippen LogP contribution < -0.4 is 15.4 Å². The lowest BCUT2D eigenvalue weighted by Crippen LogP contribution is -2.29. The van der Waals surface area contributed by atoms with Crippen LogP contribution in [0.2, 0.25) is 0 Å². The Kier molecular flexibility index (Phi) is 5.60. The summed E-state index contributed by atoms with van der Waals surface area (Å²) in [6, 6.07) is 10.2. The summed E-state index contributed by atoms with van der Waals surface area (Å²) in [5.41, 5.74) is 0.979. The number of hydrogen-bond donors (Lipinski definition) is 2. The lowest BCUT2D eigenvalue weighted by Gasteiger charge is -2.10. The van der Waals surface area contributed by atoms with Crippen molar-refractivity contribution in [2.24, 2.45) is 5.92 Å². The molecule has 3 rings (SSSR count). The third-order valence-corrected chi connectivity index (χ3v) is 3.91. The summed E-state index contributed by atoms with van der Waals surface area (Å²) in [6.07, 6.45) is 2.44. The number of halogens is 2. The molecule has 4 nitrogen and oxygen atoms in total. The number of benzene rings is 2. The zero-order chi connectivity index (χ0) is 17.6. The third-order valence-electron chi connectivity index (χ3n) is 3.91. The molecule has 0 spiro atoms. The molecule has 0 aromatic heterocycles. The van der Waals surface area contributed by atoms with Crippen LogP contribution in [-0.2, 0) is 11.4 Å². The molecule has 0 radical (unpaired) electrons. The molecule has 1 amide bonds. The lowest BCUT2D eigenvalue weighted by molar-refractivity contribution is -0.115. The molecule has 1 saturated carbocycles. The highest BCUT2D eigenvalue weighted by atomic mass is 19.1. The van der Waals surface area contributed by atoms with Crippen molar-refractivity contribution in [3.8, 4) is 5.75 Å². The standard InChI is InChI=1S/C19H20F2N2O2/c20-15-3-1-2-14(8-15)12-25-18-7-6-16(9-17(18)21)23-19(24)11-22-10-13-4-5-13/h1-3,6-9,13,22H,4-5,10-12H2,(H,23,24). The zero-order valence-electron chi connectivity index (χ0n) is 13.7. The summed E-state index contributed by atoms with van der Waals surface area (Å²) < 4.78 is 32.6. The van der Waals surface area contributed by atoms with Gasteiger partial charge in [0, 0.05) is 11.8 Å². The van der Waals surface area contributed by atoms with Gasteiger partial charge in [0.15, 0.2) is 11.6 Å². The molecule has 2 aromatic rings. The van der Waals surface area contributed by atoms with Gasteiger partial charge in [-0.25, -0.2) is 8.78 Å². The first-order valence-electron chi connectivity index (χ1n) is 8.27. The fraction of sp³-hybridized carbons (Fsp3) is 0.316. The van der Waals surface area contributed by atoms with E-state index in [4.69, 9.17) is 4.74 Å². The Hall–Kier alpha value is -2.47. The Morgan fingerprint density at radius 3 is 2.72 bits per heavy atom. The van der Waals surface area contributed by atoms with Gasteiger partial charge in [0.2, 0.25) is 5.91 Å². The Balaban J connectivity index is 1.50. The molecule has 25 heavy (non-hydrogen) atoms. The molecule has 0 aliphatic heterocycles. The number of anilines is 1. The van der Waals surface area contributed by atoms with Gasteiger partial charge in [-0.2, -0.15) is 0 Å². The topological polar surface area (TPSA) is 50.4 Å². The third kappa shape index (κ3) is 5.53. The van der Waals surface area contributed by atoms with Gasteiger partial charge < -0.3 is 15.4 Å². The van der Waals surface area contributed by atoms with Crippen molar-refractivity contribution in [3.05, 3.63) is 59.7 Å². The molecule has 2 aromatic carbocycles. The van der Waals surface area contributed by atoms with Gasteiger partial charge in [0.1, 0.15) is 12.4 Å². The molecular weight excluding hydrogens is 326 g/mol. The van der Waals surface area contributed by atoms with Crippen LogP contribution in [0.25, 0.3) is 0 Å². The minimum absolute atomic E-state index is 0.0501. The van der Waals surface area contributed by atoms with Crippen molar-refractivity contribution in [2.45, 2.75) is 19.4 Å². The van der Waals surface area contributed by atoms with Crippen LogP contribution in [0.3, 0.4) is 0 Å². The highest BCUT2D eigenvalue weighted by molar-refractivity contribution is 5.92. The zero-order valence-corrected chi connectivity index (χ0v) is 13.7. The predicted octanol–water partition coefficient (Wildman–Crippen LogP) is 3.48. The molecule has 0 heterocycles. The van der Waals surface area contributed by atoms with E-state index in [1.54, 1.807) is 18.2 Å². The van der Waals surface area contributed by atoms with Crippen molar-refractivity contribution < 1.29 is 18.3 Å². The van der Waals surface area contributed by atoms with Gasteiger partial charge in [0.05, 0.1) is 6.54 Å². The van der Waals surface area contributed by atoms with Crippen LogP contribution >= 0.6 is 0 Å². The SMILES string of the molecule is O=C(CNCC1CC1)Nc1ccc(OCc2cccc(F)c2)c(F)c1. The highest BCUT2D eigenvalue weighted by Gasteiger charge is 2.20. The number of carbonyl (C=O) groups excluding carboxylic acids is 1. The molecule has 1 fully saturated rings. The average molecular weight is 346 g/mol. The predicted molar refractivity (Wildman–Crippen MR) is 91.4 cm³/mol. The first kappa shape index (κ1) is 17.4. The van der Waals surface area contributed by atoms with Crippen molar-refractivity contribution in [3.63, 3.8) is 0 Å². The number of ether oxygens (including phenoxy) is 1. The number of nitrogens with one attached hydrogen (secondary N) is 2. The number of carbonyl (C=O) groups is 1. The Labute approximate surface area is 145 Å². The monoisotopic (exact) mass is 346 g/mol. The van der Waals surface area contributed by atoms with Gasteiger partial charge >= 0.3 is 0 Å². The van der Waals surface area contributed by atoms with Crippen LogP contribution in [-0.4, -0.2) is 19.0 Å². The summed E-state index contributed by atoms with van der Waals surface area (Å²) in [5, 5.41) is 5.71. The minimum Gasteiger partial charge on any atom is -0.486 e. The van der Waals surface area contributed by atoms with Crippen LogP contribution in [0.5, 0.6) is 5.75 Å². The second kappa shape index (κ2) is 8.07. The van der Waals surface area contributed by atoms with Crippen LogP contribution in [0, 0.1) is 17.6 Å². The molecule has 1 aliphatic rings. The highest BCUT2D eigenvalue weighted by Crippen LogP contribution is 2.27. The lowest BCUT2D eigenvalue weighted by atomic mass is 10.2. The average Bonchev–Trinajstić information content (AvgIpc) is 3.38. The molecule has 1 aliphatic carbocycles. The summed E-state index contributed by atoms with van der Waals surface area (Å²) in [4.78, 5) is 11.8. The van der Waals surface area contributed by atoms with E-state index in [1.165, 1.54) is 37.1 Å².